The Hall–Kier alpha value is -2.40. The van der Waals surface area contributed by atoms with Crippen molar-refractivity contribution in [2.24, 2.45) is 5.73 Å². The first kappa shape index (κ1) is 13.6. The number of halogens is 2. The molecule has 0 radical (unpaired) electrons. The van der Waals surface area contributed by atoms with Crippen molar-refractivity contribution in [3.05, 3.63) is 71.1 Å². The Labute approximate surface area is 120 Å². The van der Waals surface area contributed by atoms with Crippen LogP contribution in [0.4, 0.5) is 8.78 Å². The molecule has 0 spiro atoms. The number of fused-ring (bicyclic) bond motifs is 1. The predicted molar refractivity (Wildman–Crippen MR) is 76.7 cm³/mol. The molecule has 0 bridgehead atoms. The van der Waals surface area contributed by atoms with Gasteiger partial charge in [-0.3, -0.25) is 9.97 Å². The normalized spacial score (nSPS) is 12.6. The molecule has 0 aliphatic carbocycles. The van der Waals surface area contributed by atoms with Gasteiger partial charge in [0.25, 0.3) is 0 Å². The zero-order valence-corrected chi connectivity index (χ0v) is 11.3. The molecule has 0 saturated carbocycles. The highest BCUT2D eigenvalue weighted by Gasteiger charge is 2.22. The van der Waals surface area contributed by atoms with E-state index in [0.29, 0.717) is 22.2 Å². The summed E-state index contributed by atoms with van der Waals surface area (Å²) in [7, 11) is 0. The molecule has 0 saturated heterocycles. The van der Waals surface area contributed by atoms with Crippen molar-refractivity contribution >= 4 is 11.0 Å². The van der Waals surface area contributed by atoms with Gasteiger partial charge in [-0.25, -0.2) is 8.78 Å². The van der Waals surface area contributed by atoms with Gasteiger partial charge < -0.3 is 5.73 Å². The molecule has 1 heterocycles. The largest absolute Gasteiger partial charge is 0.320 e. The second-order valence-electron chi connectivity index (χ2n) is 4.84. The number of aromatic nitrogens is 2. The van der Waals surface area contributed by atoms with E-state index in [9.17, 15) is 8.78 Å². The molecular weight excluding hydrogens is 272 g/mol. The van der Waals surface area contributed by atoms with Gasteiger partial charge in [-0.2, -0.15) is 0 Å². The Balaban J connectivity index is 2.22. The fourth-order valence-electron chi connectivity index (χ4n) is 2.38. The second kappa shape index (κ2) is 5.18. The Bertz CT molecular complexity index is 812. The SMILES string of the molecule is Cc1ccc(F)c(C(N)c2cccc3nccnc23)c1F. The van der Waals surface area contributed by atoms with Crippen molar-refractivity contribution in [1.82, 2.24) is 9.97 Å². The lowest BCUT2D eigenvalue weighted by Gasteiger charge is -2.16. The molecule has 1 aromatic heterocycles. The van der Waals surface area contributed by atoms with Gasteiger partial charge in [0.1, 0.15) is 11.6 Å². The maximum Gasteiger partial charge on any atom is 0.134 e. The third kappa shape index (κ3) is 2.25. The number of para-hydroxylation sites is 1. The lowest BCUT2D eigenvalue weighted by molar-refractivity contribution is 0.538. The molecule has 21 heavy (non-hydrogen) atoms. The summed E-state index contributed by atoms with van der Waals surface area (Å²) in [6.07, 6.45) is 3.09. The number of aryl methyl sites for hydroxylation is 1. The van der Waals surface area contributed by atoms with Crippen LogP contribution in [0.5, 0.6) is 0 Å². The monoisotopic (exact) mass is 285 g/mol. The fraction of sp³-hybridized carbons (Fsp3) is 0.125. The van der Waals surface area contributed by atoms with Crippen LogP contribution in [-0.2, 0) is 0 Å². The molecule has 0 fully saturated rings. The summed E-state index contributed by atoms with van der Waals surface area (Å²) in [6, 6.07) is 6.92. The number of hydrogen-bond acceptors (Lipinski definition) is 3. The second-order valence-corrected chi connectivity index (χ2v) is 4.84. The highest BCUT2D eigenvalue weighted by Crippen LogP contribution is 2.29. The van der Waals surface area contributed by atoms with Crippen LogP contribution < -0.4 is 5.73 Å². The number of hydrogen-bond donors (Lipinski definition) is 1. The molecule has 3 nitrogen and oxygen atoms in total. The number of rotatable bonds is 2. The number of benzene rings is 2. The zero-order valence-electron chi connectivity index (χ0n) is 11.3. The van der Waals surface area contributed by atoms with Crippen molar-refractivity contribution < 1.29 is 8.78 Å². The fourth-order valence-corrected chi connectivity index (χ4v) is 2.38. The summed E-state index contributed by atoms with van der Waals surface area (Å²) in [5, 5.41) is 0. The smallest absolute Gasteiger partial charge is 0.134 e. The highest BCUT2D eigenvalue weighted by molar-refractivity contribution is 5.78. The van der Waals surface area contributed by atoms with Crippen molar-refractivity contribution in [2.75, 3.05) is 0 Å². The van der Waals surface area contributed by atoms with E-state index in [1.165, 1.54) is 18.3 Å². The summed E-state index contributed by atoms with van der Waals surface area (Å²) >= 11 is 0. The van der Waals surface area contributed by atoms with Crippen LogP contribution in [-0.4, -0.2) is 9.97 Å². The summed E-state index contributed by atoms with van der Waals surface area (Å²) in [6.45, 7) is 1.58. The van der Waals surface area contributed by atoms with Crippen LogP contribution >= 0.6 is 0 Å². The Kier molecular flexibility index (Phi) is 3.35. The van der Waals surface area contributed by atoms with Crippen molar-refractivity contribution in [3.8, 4) is 0 Å². The minimum absolute atomic E-state index is 0.145. The van der Waals surface area contributed by atoms with Gasteiger partial charge in [0, 0.05) is 23.5 Å². The molecule has 5 heteroatoms. The highest BCUT2D eigenvalue weighted by atomic mass is 19.1. The first-order valence-corrected chi connectivity index (χ1v) is 6.49. The first-order valence-electron chi connectivity index (χ1n) is 6.49. The molecule has 0 aliphatic rings. The number of nitrogens with two attached hydrogens (primary N) is 1. The zero-order chi connectivity index (χ0) is 15.0. The van der Waals surface area contributed by atoms with E-state index in [-0.39, 0.29) is 5.56 Å². The van der Waals surface area contributed by atoms with Crippen LogP contribution in [0, 0.1) is 18.6 Å². The first-order chi connectivity index (χ1) is 10.1. The van der Waals surface area contributed by atoms with Crippen molar-refractivity contribution in [2.45, 2.75) is 13.0 Å². The molecule has 3 aromatic rings. The van der Waals surface area contributed by atoms with Crippen molar-refractivity contribution in [3.63, 3.8) is 0 Å². The maximum absolute atomic E-state index is 14.2. The van der Waals surface area contributed by atoms with E-state index in [0.717, 1.165) is 0 Å². The standard InChI is InChI=1S/C16H13F2N3/c1-9-5-6-11(17)13(14(9)18)15(19)10-3-2-4-12-16(10)21-8-7-20-12/h2-8,15H,19H2,1H3. The average Bonchev–Trinajstić information content (AvgIpc) is 2.50. The van der Waals surface area contributed by atoms with Crippen molar-refractivity contribution in [1.29, 1.82) is 0 Å². The third-order valence-electron chi connectivity index (χ3n) is 3.50. The molecule has 1 unspecified atom stereocenters. The molecule has 0 aliphatic heterocycles. The summed E-state index contributed by atoms with van der Waals surface area (Å²) in [5.41, 5.74) is 8.05. The third-order valence-corrected chi connectivity index (χ3v) is 3.50. The van der Waals surface area contributed by atoms with Crippen LogP contribution in [0.1, 0.15) is 22.7 Å². The van der Waals surface area contributed by atoms with Crippen LogP contribution in [0.3, 0.4) is 0 Å². The Morgan fingerprint density at radius 3 is 2.62 bits per heavy atom. The maximum atomic E-state index is 14.2. The van der Waals surface area contributed by atoms with Gasteiger partial charge in [0.15, 0.2) is 0 Å². The topological polar surface area (TPSA) is 51.8 Å². The molecular formula is C16H13F2N3. The minimum atomic E-state index is -0.940. The predicted octanol–water partition coefficient (Wildman–Crippen LogP) is 3.26. The van der Waals surface area contributed by atoms with E-state index < -0.39 is 17.7 Å². The molecule has 3 rings (SSSR count). The molecule has 1 atom stereocenters. The van der Waals surface area contributed by atoms with E-state index in [4.69, 9.17) is 5.73 Å². The summed E-state index contributed by atoms with van der Waals surface area (Å²) < 4.78 is 28.3. The Morgan fingerprint density at radius 1 is 1.05 bits per heavy atom. The minimum Gasteiger partial charge on any atom is -0.320 e. The van der Waals surface area contributed by atoms with E-state index in [2.05, 4.69) is 9.97 Å². The average molecular weight is 285 g/mol. The molecule has 2 N–H and O–H groups in total. The van der Waals surface area contributed by atoms with Crippen LogP contribution in [0.2, 0.25) is 0 Å². The number of nitrogens with zero attached hydrogens (tertiary/aromatic N) is 2. The quantitative estimate of drug-likeness (QED) is 0.786. The molecule has 106 valence electrons. The van der Waals surface area contributed by atoms with E-state index in [1.807, 2.05) is 0 Å². The van der Waals surface area contributed by atoms with Gasteiger partial charge in [-0.1, -0.05) is 18.2 Å². The van der Waals surface area contributed by atoms with Gasteiger partial charge in [-0.15, -0.1) is 0 Å². The van der Waals surface area contributed by atoms with Gasteiger partial charge >= 0.3 is 0 Å². The Morgan fingerprint density at radius 2 is 1.81 bits per heavy atom. The van der Waals surface area contributed by atoms with Crippen LogP contribution in [0.15, 0.2) is 42.7 Å². The van der Waals surface area contributed by atoms with Gasteiger partial charge in [0.05, 0.1) is 17.1 Å². The lowest BCUT2D eigenvalue weighted by atomic mass is 9.95. The van der Waals surface area contributed by atoms with E-state index >= 15 is 0 Å². The van der Waals surface area contributed by atoms with Crippen LogP contribution in [0.25, 0.3) is 11.0 Å². The van der Waals surface area contributed by atoms with Gasteiger partial charge in [0.2, 0.25) is 0 Å². The van der Waals surface area contributed by atoms with E-state index in [1.54, 1.807) is 31.3 Å². The summed E-state index contributed by atoms with van der Waals surface area (Å²) in [5.74, 6) is -1.28. The summed E-state index contributed by atoms with van der Waals surface area (Å²) in [4.78, 5) is 8.40. The lowest BCUT2D eigenvalue weighted by Crippen LogP contribution is -2.17. The molecule has 2 aromatic carbocycles. The van der Waals surface area contributed by atoms with Gasteiger partial charge in [-0.05, 0) is 24.6 Å². The molecule has 0 amide bonds.